The third kappa shape index (κ3) is 3.97. The van der Waals surface area contributed by atoms with Crippen molar-refractivity contribution in [3.63, 3.8) is 0 Å². The lowest BCUT2D eigenvalue weighted by Gasteiger charge is -2.47. The zero-order chi connectivity index (χ0) is 16.4. The van der Waals surface area contributed by atoms with Gasteiger partial charge in [0.1, 0.15) is 5.75 Å². The van der Waals surface area contributed by atoms with Gasteiger partial charge in [-0.25, -0.2) is 0 Å². The fraction of sp³-hybridized carbons (Fsp3) is 0.588. The Morgan fingerprint density at radius 3 is 2.48 bits per heavy atom. The molecule has 3 saturated heterocycles. The van der Waals surface area contributed by atoms with Gasteiger partial charge in [0, 0.05) is 50.3 Å². The number of nitrogens with zero attached hydrogens (tertiary/aromatic N) is 2. The molecule has 1 atom stereocenters. The summed E-state index contributed by atoms with van der Waals surface area (Å²) in [5, 5.41) is 3.70. The zero-order valence-corrected chi connectivity index (χ0v) is 14.5. The highest BCUT2D eigenvalue weighted by Crippen LogP contribution is 2.21. The normalized spacial score (nSPS) is 26.8. The van der Waals surface area contributed by atoms with Crippen molar-refractivity contribution in [3.8, 4) is 5.75 Å². The summed E-state index contributed by atoms with van der Waals surface area (Å²) < 4.78 is 5.83. The highest BCUT2D eigenvalue weighted by Gasteiger charge is 2.34. The van der Waals surface area contributed by atoms with Crippen molar-refractivity contribution < 1.29 is 9.53 Å². The minimum absolute atomic E-state index is 0.0925. The Bertz CT molecular complexity index is 553. The van der Waals surface area contributed by atoms with Crippen molar-refractivity contribution in [1.82, 2.24) is 15.1 Å². The van der Waals surface area contributed by atoms with Crippen LogP contribution in [0.5, 0.6) is 5.75 Å². The van der Waals surface area contributed by atoms with Crippen molar-refractivity contribution in [2.45, 2.75) is 25.5 Å². The van der Waals surface area contributed by atoms with Crippen LogP contribution in [0.15, 0.2) is 24.3 Å². The molecule has 1 unspecified atom stereocenters. The predicted molar refractivity (Wildman–Crippen MR) is 91.0 cm³/mol. The highest BCUT2D eigenvalue weighted by molar-refractivity contribution is 6.30. The molecule has 1 aromatic rings. The van der Waals surface area contributed by atoms with Gasteiger partial charge in [0.15, 0.2) is 5.60 Å². The molecule has 1 aromatic carbocycles. The van der Waals surface area contributed by atoms with Gasteiger partial charge in [-0.15, -0.1) is 0 Å². The van der Waals surface area contributed by atoms with Crippen LogP contribution >= 0.6 is 11.6 Å². The molecule has 1 amide bonds. The largest absolute Gasteiger partial charge is 0.478 e. The average Bonchev–Trinajstić information content (AvgIpc) is 2.55. The number of piperazine rings is 3. The lowest BCUT2D eigenvalue weighted by Crippen LogP contribution is -2.64. The minimum atomic E-state index is -0.920. The second kappa shape index (κ2) is 6.67. The van der Waals surface area contributed by atoms with Crippen LogP contribution in [0.2, 0.25) is 5.02 Å². The van der Waals surface area contributed by atoms with Gasteiger partial charge < -0.3 is 10.1 Å². The summed E-state index contributed by atoms with van der Waals surface area (Å²) in [7, 11) is 0. The summed E-state index contributed by atoms with van der Waals surface area (Å²) in [6.45, 7) is 9.78. The van der Waals surface area contributed by atoms with E-state index in [0.717, 1.165) is 32.7 Å². The molecule has 0 aliphatic carbocycles. The molecular formula is C17H24ClN3O2. The molecule has 3 fully saturated rings. The number of carbonyl (C=O) groups excluding carboxylic acids is 1. The quantitative estimate of drug-likeness (QED) is 0.886. The van der Waals surface area contributed by atoms with E-state index in [9.17, 15) is 4.79 Å². The predicted octanol–water partition coefficient (Wildman–Crippen LogP) is 1.61. The fourth-order valence-corrected chi connectivity index (χ4v) is 3.31. The molecule has 23 heavy (non-hydrogen) atoms. The number of halogens is 1. The van der Waals surface area contributed by atoms with E-state index in [0.29, 0.717) is 23.4 Å². The van der Waals surface area contributed by atoms with Crippen LogP contribution in [0.3, 0.4) is 0 Å². The SMILES string of the molecule is CC(C)(Oc1ccc(Cl)cc1)C(=O)NCC1CN2CCN1CC2. The second-order valence-electron chi connectivity index (χ2n) is 6.77. The number of fused-ring (bicyclic) bond motifs is 3. The zero-order valence-electron chi connectivity index (χ0n) is 13.7. The summed E-state index contributed by atoms with van der Waals surface area (Å²) in [5.74, 6) is 0.547. The van der Waals surface area contributed by atoms with Crippen LogP contribution in [0.4, 0.5) is 0 Å². The first-order valence-electron chi connectivity index (χ1n) is 8.13. The topological polar surface area (TPSA) is 44.8 Å². The van der Waals surface area contributed by atoms with E-state index in [1.165, 1.54) is 0 Å². The molecule has 1 N–H and O–H groups in total. The van der Waals surface area contributed by atoms with E-state index < -0.39 is 5.60 Å². The first-order valence-corrected chi connectivity index (χ1v) is 8.51. The Morgan fingerprint density at radius 1 is 1.26 bits per heavy atom. The minimum Gasteiger partial charge on any atom is -0.478 e. The summed E-state index contributed by atoms with van der Waals surface area (Å²) in [5.41, 5.74) is -0.920. The molecule has 3 heterocycles. The number of carbonyl (C=O) groups is 1. The van der Waals surface area contributed by atoms with Crippen LogP contribution in [0.25, 0.3) is 0 Å². The number of nitrogens with one attached hydrogen (secondary N) is 1. The Morgan fingerprint density at radius 2 is 1.91 bits per heavy atom. The number of ether oxygens (including phenoxy) is 1. The Kier molecular flexibility index (Phi) is 4.80. The molecule has 126 valence electrons. The monoisotopic (exact) mass is 337 g/mol. The lowest BCUT2D eigenvalue weighted by molar-refractivity contribution is -0.134. The van der Waals surface area contributed by atoms with Gasteiger partial charge in [-0.3, -0.25) is 14.6 Å². The van der Waals surface area contributed by atoms with Crippen LogP contribution in [0, 0.1) is 0 Å². The van der Waals surface area contributed by atoms with E-state index in [4.69, 9.17) is 16.3 Å². The van der Waals surface area contributed by atoms with Gasteiger partial charge in [-0.1, -0.05) is 11.6 Å². The summed E-state index contributed by atoms with van der Waals surface area (Å²) >= 11 is 5.87. The first-order chi connectivity index (χ1) is 10.9. The number of hydrogen-bond donors (Lipinski definition) is 1. The second-order valence-corrected chi connectivity index (χ2v) is 7.20. The van der Waals surface area contributed by atoms with Crippen LogP contribution in [0.1, 0.15) is 13.8 Å². The van der Waals surface area contributed by atoms with E-state index >= 15 is 0 Å². The van der Waals surface area contributed by atoms with Crippen molar-refractivity contribution in [1.29, 1.82) is 0 Å². The highest BCUT2D eigenvalue weighted by atomic mass is 35.5. The number of benzene rings is 1. The number of amides is 1. The van der Waals surface area contributed by atoms with Gasteiger partial charge in [-0.05, 0) is 38.1 Å². The molecule has 0 radical (unpaired) electrons. The van der Waals surface area contributed by atoms with Crippen LogP contribution in [-0.2, 0) is 4.79 Å². The van der Waals surface area contributed by atoms with E-state index in [1.54, 1.807) is 38.1 Å². The number of rotatable bonds is 5. The molecule has 0 aromatic heterocycles. The summed E-state index contributed by atoms with van der Waals surface area (Å²) in [4.78, 5) is 17.4. The van der Waals surface area contributed by atoms with Gasteiger partial charge >= 0.3 is 0 Å². The lowest BCUT2D eigenvalue weighted by atomic mass is 10.1. The Hall–Kier alpha value is -1.30. The van der Waals surface area contributed by atoms with Crippen molar-refractivity contribution in [3.05, 3.63) is 29.3 Å². The van der Waals surface area contributed by atoms with Crippen molar-refractivity contribution >= 4 is 17.5 Å². The molecule has 6 heteroatoms. The van der Waals surface area contributed by atoms with Crippen molar-refractivity contribution in [2.24, 2.45) is 0 Å². The summed E-state index contributed by atoms with van der Waals surface area (Å²) in [6, 6.07) is 7.47. The molecule has 0 spiro atoms. The maximum atomic E-state index is 12.5. The summed E-state index contributed by atoms with van der Waals surface area (Å²) in [6.07, 6.45) is 0. The molecule has 2 bridgehead atoms. The fourth-order valence-electron chi connectivity index (χ4n) is 3.19. The van der Waals surface area contributed by atoms with Crippen molar-refractivity contribution in [2.75, 3.05) is 39.3 Å². The standard InChI is InChI=1S/C17H24ClN3O2/c1-17(2,23-15-5-3-13(18)4-6-15)16(22)19-11-14-12-20-7-9-21(14)10-8-20/h3-6,14H,7-12H2,1-2H3,(H,19,22). The average molecular weight is 338 g/mol. The first kappa shape index (κ1) is 16.6. The molecule has 0 saturated carbocycles. The third-order valence-corrected chi connectivity index (χ3v) is 4.88. The van der Waals surface area contributed by atoms with Gasteiger partial charge in [-0.2, -0.15) is 0 Å². The maximum Gasteiger partial charge on any atom is 0.263 e. The Balaban J connectivity index is 1.53. The van der Waals surface area contributed by atoms with Gasteiger partial charge in [0.25, 0.3) is 5.91 Å². The molecule has 5 nitrogen and oxygen atoms in total. The van der Waals surface area contributed by atoms with Crippen LogP contribution < -0.4 is 10.1 Å². The van der Waals surface area contributed by atoms with E-state index in [2.05, 4.69) is 15.1 Å². The van der Waals surface area contributed by atoms with E-state index in [1.807, 2.05) is 0 Å². The molecular weight excluding hydrogens is 314 g/mol. The molecule has 3 aliphatic heterocycles. The van der Waals surface area contributed by atoms with Gasteiger partial charge in [0.2, 0.25) is 0 Å². The van der Waals surface area contributed by atoms with E-state index in [-0.39, 0.29) is 5.91 Å². The molecule has 3 aliphatic rings. The smallest absolute Gasteiger partial charge is 0.263 e. The maximum absolute atomic E-state index is 12.5. The van der Waals surface area contributed by atoms with Gasteiger partial charge in [0.05, 0.1) is 0 Å². The third-order valence-electron chi connectivity index (χ3n) is 4.62. The number of hydrogen-bond acceptors (Lipinski definition) is 4. The van der Waals surface area contributed by atoms with Crippen LogP contribution in [-0.4, -0.2) is 66.6 Å². The Labute approximate surface area is 142 Å². The molecule has 4 rings (SSSR count).